The summed E-state index contributed by atoms with van der Waals surface area (Å²) in [5.41, 5.74) is 0.926. The van der Waals surface area contributed by atoms with Gasteiger partial charge in [-0.3, -0.25) is 4.79 Å². The number of hydrogen-bond donors (Lipinski definition) is 0. The molecule has 0 saturated carbocycles. The van der Waals surface area contributed by atoms with Crippen LogP contribution in [0.5, 0.6) is 17.2 Å². The molecule has 1 amide bonds. The van der Waals surface area contributed by atoms with Gasteiger partial charge in [0.1, 0.15) is 17.2 Å². The van der Waals surface area contributed by atoms with Crippen molar-refractivity contribution >= 4 is 17.5 Å². The number of ether oxygens (including phenoxy) is 3. The molecule has 0 bridgehead atoms. The van der Waals surface area contributed by atoms with E-state index in [0.29, 0.717) is 16.9 Å². The van der Waals surface area contributed by atoms with Crippen LogP contribution in [0.25, 0.3) is 0 Å². The molecular formula is C20H18ClF4NO4. The van der Waals surface area contributed by atoms with Gasteiger partial charge in [-0.2, -0.15) is 0 Å². The maximum absolute atomic E-state index is 14.4. The van der Waals surface area contributed by atoms with Gasteiger partial charge >= 0.3 is 6.36 Å². The second-order valence-electron chi connectivity index (χ2n) is 6.57. The molecule has 0 aromatic heterocycles. The molecule has 2 aromatic rings. The van der Waals surface area contributed by atoms with Crippen molar-refractivity contribution in [3.63, 3.8) is 0 Å². The van der Waals surface area contributed by atoms with Crippen molar-refractivity contribution in [1.29, 1.82) is 0 Å². The smallest absolute Gasteiger partial charge is 0.496 e. The van der Waals surface area contributed by atoms with E-state index in [1.54, 1.807) is 12.1 Å². The third kappa shape index (κ3) is 4.56. The molecule has 10 heteroatoms. The van der Waals surface area contributed by atoms with Crippen molar-refractivity contribution in [3.8, 4) is 17.2 Å². The van der Waals surface area contributed by atoms with E-state index in [1.165, 1.54) is 31.3 Å². The van der Waals surface area contributed by atoms with Gasteiger partial charge in [-0.15, -0.1) is 13.2 Å². The minimum atomic E-state index is -4.81. The number of hydrogen-bond acceptors (Lipinski definition) is 4. The molecule has 5 nitrogen and oxygen atoms in total. The number of carbonyl (C=O) groups excluding carboxylic acids is 1. The van der Waals surface area contributed by atoms with Gasteiger partial charge in [0.2, 0.25) is 0 Å². The largest absolute Gasteiger partial charge is 0.573 e. The molecular weight excluding hydrogens is 430 g/mol. The van der Waals surface area contributed by atoms with Gasteiger partial charge in [-0.25, -0.2) is 4.39 Å². The minimum absolute atomic E-state index is 0.0327. The molecule has 2 aromatic carbocycles. The molecule has 1 unspecified atom stereocenters. The Kier molecular flexibility index (Phi) is 6.30. The summed E-state index contributed by atoms with van der Waals surface area (Å²) < 4.78 is 65.9. The lowest BCUT2D eigenvalue weighted by molar-refractivity contribution is -0.274. The number of carbonyl (C=O) groups is 1. The fraction of sp³-hybridized carbons (Fsp3) is 0.350. The molecule has 2 atom stereocenters. The average molecular weight is 448 g/mol. The Balaban J connectivity index is 1.92. The van der Waals surface area contributed by atoms with Crippen LogP contribution in [-0.2, 0) is 11.3 Å². The first-order chi connectivity index (χ1) is 14.1. The molecule has 3 rings (SSSR count). The Hall–Kier alpha value is -2.68. The fourth-order valence-electron chi connectivity index (χ4n) is 3.47. The first-order valence-corrected chi connectivity index (χ1v) is 9.22. The summed E-state index contributed by atoms with van der Waals surface area (Å²) >= 11 is 6.20. The lowest BCUT2D eigenvalue weighted by atomic mass is 10.0. The maximum Gasteiger partial charge on any atom is 0.573 e. The first kappa shape index (κ1) is 22.0. The predicted octanol–water partition coefficient (Wildman–Crippen LogP) is 5.07. The minimum Gasteiger partial charge on any atom is -0.496 e. The van der Waals surface area contributed by atoms with Gasteiger partial charge in [0.25, 0.3) is 5.91 Å². The molecule has 162 valence electrons. The van der Waals surface area contributed by atoms with Crippen LogP contribution in [0.1, 0.15) is 23.6 Å². The molecule has 1 fully saturated rings. The van der Waals surface area contributed by atoms with Crippen molar-refractivity contribution in [2.24, 2.45) is 0 Å². The Morgan fingerprint density at radius 1 is 1.10 bits per heavy atom. The van der Waals surface area contributed by atoms with Crippen LogP contribution in [-0.4, -0.2) is 37.6 Å². The summed E-state index contributed by atoms with van der Waals surface area (Å²) in [5, 5.41) is 0.275. The molecule has 1 aliphatic rings. The number of alkyl halides is 4. The van der Waals surface area contributed by atoms with Crippen LogP contribution in [0, 0.1) is 0 Å². The second-order valence-corrected chi connectivity index (χ2v) is 6.98. The predicted molar refractivity (Wildman–Crippen MR) is 100 cm³/mol. The summed E-state index contributed by atoms with van der Waals surface area (Å²) in [4.78, 5) is 13.8. The highest BCUT2D eigenvalue weighted by Crippen LogP contribution is 2.46. The number of benzene rings is 2. The summed E-state index contributed by atoms with van der Waals surface area (Å²) in [6.45, 7) is -0.0327. The van der Waals surface area contributed by atoms with Crippen molar-refractivity contribution in [1.82, 2.24) is 4.90 Å². The second kappa shape index (κ2) is 8.59. The molecule has 1 aliphatic heterocycles. The SMILES string of the molecule is COc1ccc(Cl)c(OC)c1[C@@H]1CC(F)C(=O)N1Cc1ccc(OC(F)(F)F)cc1. The van der Waals surface area contributed by atoms with E-state index in [2.05, 4.69) is 4.74 Å². The van der Waals surface area contributed by atoms with Crippen LogP contribution < -0.4 is 14.2 Å². The van der Waals surface area contributed by atoms with E-state index < -0.39 is 30.2 Å². The van der Waals surface area contributed by atoms with Crippen LogP contribution >= 0.6 is 11.6 Å². The molecule has 1 saturated heterocycles. The molecule has 0 N–H and O–H groups in total. The Labute approximate surface area is 175 Å². The van der Waals surface area contributed by atoms with E-state index in [1.807, 2.05) is 0 Å². The highest BCUT2D eigenvalue weighted by atomic mass is 35.5. The number of nitrogens with zero attached hydrogens (tertiary/aromatic N) is 1. The number of methoxy groups -OCH3 is 2. The summed E-state index contributed by atoms with van der Waals surface area (Å²) in [6, 6.07) is 7.44. The van der Waals surface area contributed by atoms with E-state index in [4.69, 9.17) is 21.1 Å². The zero-order chi connectivity index (χ0) is 22.1. The number of amides is 1. The normalized spacial score (nSPS) is 19.2. The van der Waals surface area contributed by atoms with Crippen molar-refractivity contribution < 1.29 is 36.6 Å². The van der Waals surface area contributed by atoms with Crippen molar-refractivity contribution in [2.45, 2.75) is 31.5 Å². The number of likely N-dealkylation sites (tertiary alicyclic amines) is 1. The van der Waals surface area contributed by atoms with E-state index in [9.17, 15) is 22.4 Å². The molecule has 0 radical (unpaired) electrons. The zero-order valence-corrected chi connectivity index (χ0v) is 16.8. The number of rotatable bonds is 6. The summed E-state index contributed by atoms with van der Waals surface area (Å²) in [5.74, 6) is -0.485. The average Bonchev–Trinajstić information content (AvgIpc) is 2.96. The Morgan fingerprint density at radius 3 is 2.33 bits per heavy atom. The highest BCUT2D eigenvalue weighted by molar-refractivity contribution is 6.32. The summed E-state index contributed by atoms with van der Waals surface area (Å²) in [7, 11) is 2.83. The van der Waals surface area contributed by atoms with Gasteiger partial charge < -0.3 is 19.1 Å². The molecule has 1 heterocycles. The Bertz CT molecular complexity index is 920. The molecule has 30 heavy (non-hydrogen) atoms. The maximum atomic E-state index is 14.4. The third-order valence-corrected chi connectivity index (χ3v) is 5.03. The topological polar surface area (TPSA) is 48.0 Å². The van der Waals surface area contributed by atoms with Gasteiger partial charge in [0.15, 0.2) is 6.17 Å². The van der Waals surface area contributed by atoms with Gasteiger partial charge in [-0.1, -0.05) is 23.7 Å². The lowest BCUT2D eigenvalue weighted by Crippen LogP contribution is -2.30. The van der Waals surface area contributed by atoms with E-state index in [-0.39, 0.29) is 23.7 Å². The van der Waals surface area contributed by atoms with Gasteiger partial charge in [0, 0.05) is 13.0 Å². The molecule has 0 aliphatic carbocycles. The third-order valence-electron chi connectivity index (χ3n) is 4.73. The van der Waals surface area contributed by atoms with Gasteiger partial charge in [0.05, 0.1) is 30.8 Å². The summed E-state index contributed by atoms with van der Waals surface area (Å²) in [6.07, 6.45) is -6.68. The highest BCUT2D eigenvalue weighted by Gasteiger charge is 2.43. The zero-order valence-electron chi connectivity index (χ0n) is 16.0. The van der Waals surface area contributed by atoms with Crippen LogP contribution in [0.3, 0.4) is 0 Å². The quantitative estimate of drug-likeness (QED) is 0.580. The monoisotopic (exact) mass is 447 g/mol. The van der Waals surface area contributed by atoms with E-state index in [0.717, 1.165) is 12.1 Å². The Morgan fingerprint density at radius 2 is 1.77 bits per heavy atom. The van der Waals surface area contributed by atoms with Gasteiger partial charge in [-0.05, 0) is 29.8 Å². The molecule has 0 spiro atoms. The van der Waals surface area contributed by atoms with Crippen molar-refractivity contribution in [2.75, 3.05) is 14.2 Å². The lowest BCUT2D eigenvalue weighted by Gasteiger charge is -2.28. The van der Waals surface area contributed by atoms with Crippen molar-refractivity contribution in [3.05, 3.63) is 52.5 Å². The van der Waals surface area contributed by atoms with Crippen LogP contribution in [0.2, 0.25) is 5.02 Å². The standard InChI is InChI=1S/C20H18ClF4NO4/c1-28-16-8-7-13(21)18(29-2)17(16)15-9-14(22)19(27)26(15)10-11-3-5-12(6-4-11)30-20(23,24)25/h3-8,14-15H,9-10H2,1-2H3/t14?,15-/m0/s1. The van der Waals surface area contributed by atoms with Crippen LogP contribution in [0.15, 0.2) is 36.4 Å². The van der Waals surface area contributed by atoms with E-state index >= 15 is 0 Å². The van der Waals surface area contributed by atoms with Crippen LogP contribution in [0.4, 0.5) is 17.6 Å². The first-order valence-electron chi connectivity index (χ1n) is 8.84. The fourth-order valence-corrected chi connectivity index (χ4v) is 3.71. The number of halogens is 5.